The summed E-state index contributed by atoms with van der Waals surface area (Å²) >= 11 is 0. The third-order valence-corrected chi connectivity index (χ3v) is 3.09. The average Bonchev–Trinajstić information content (AvgIpc) is 2.27. The fraction of sp³-hybridized carbons (Fsp3) is 0.900. The Morgan fingerprint density at radius 1 is 1.46 bits per heavy atom. The van der Waals surface area contributed by atoms with Crippen molar-refractivity contribution in [2.45, 2.75) is 39.2 Å². The summed E-state index contributed by atoms with van der Waals surface area (Å²) < 4.78 is 5.32. The van der Waals surface area contributed by atoms with E-state index in [1.54, 1.807) is 0 Å². The second-order valence-corrected chi connectivity index (χ2v) is 4.34. The van der Waals surface area contributed by atoms with Crippen LogP contribution in [0.5, 0.6) is 0 Å². The molecule has 1 fully saturated rings. The Hall–Kier alpha value is -0.570. The predicted molar refractivity (Wildman–Crippen MR) is 51.1 cm³/mol. The maximum atomic E-state index is 10.9. The molecule has 2 unspecified atom stereocenters. The number of ether oxygens (including phenoxy) is 1. The molecule has 0 aromatic carbocycles. The molecule has 0 aromatic heterocycles. The minimum absolute atomic E-state index is 0.216. The second-order valence-electron chi connectivity index (χ2n) is 4.34. The van der Waals surface area contributed by atoms with Gasteiger partial charge in [0, 0.05) is 13.5 Å². The molecule has 0 amide bonds. The first kappa shape index (κ1) is 10.5. The zero-order valence-corrected chi connectivity index (χ0v) is 8.67. The molecule has 0 aliphatic heterocycles. The highest BCUT2D eigenvalue weighted by Gasteiger charge is 2.43. The molecular formula is C10H19NO2. The van der Waals surface area contributed by atoms with E-state index in [-0.39, 0.29) is 11.6 Å². The Kier molecular flexibility index (Phi) is 2.96. The van der Waals surface area contributed by atoms with Crippen molar-refractivity contribution >= 4 is 5.97 Å². The van der Waals surface area contributed by atoms with Crippen LogP contribution in [0.3, 0.4) is 0 Å². The monoisotopic (exact) mass is 185 g/mol. The van der Waals surface area contributed by atoms with E-state index in [0.29, 0.717) is 18.4 Å². The van der Waals surface area contributed by atoms with Crippen molar-refractivity contribution in [1.82, 2.24) is 0 Å². The quantitative estimate of drug-likeness (QED) is 0.660. The average molecular weight is 185 g/mol. The molecule has 1 aliphatic carbocycles. The van der Waals surface area contributed by atoms with Crippen LogP contribution in [-0.2, 0) is 9.53 Å². The van der Waals surface area contributed by atoms with Crippen LogP contribution >= 0.6 is 0 Å². The zero-order valence-electron chi connectivity index (χ0n) is 8.67. The summed E-state index contributed by atoms with van der Waals surface area (Å²) in [7, 11) is 0. The first-order valence-corrected chi connectivity index (χ1v) is 4.89. The molecule has 1 aliphatic rings. The highest BCUT2D eigenvalue weighted by atomic mass is 16.6. The van der Waals surface area contributed by atoms with Crippen molar-refractivity contribution < 1.29 is 9.53 Å². The summed E-state index contributed by atoms with van der Waals surface area (Å²) in [5.74, 6) is 0.984. The molecule has 0 spiro atoms. The molecular weight excluding hydrogens is 166 g/mol. The lowest BCUT2D eigenvalue weighted by molar-refractivity contribution is -0.155. The first-order chi connectivity index (χ1) is 5.99. The van der Waals surface area contributed by atoms with Gasteiger partial charge in [-0.3, -0.25) is 4.79 Å². The second kappa shape index (κ2) is 3.66. The molecule has 3 heteroatoms. The van der Waals surface area contributed by atoms with Crippen molar-refractivity contribution in [2.24, 2.45) is 17.6 Å². The lowest BCUT2D eigenvalue weighted by atomic mass is 10.0. The summed E-state index contributed by atoms with van der Waals surface area (Å²) in [5.41, 5.74) is 5.29. The maximum Gasteiger partial charge on any atom is 0.303 e. The predicted octanol–water partition coefficient (Wildman–Crippen LogP) is 1.31. The number of esters is 1. The Labute approximate surface area is 79.6 Å². The molecule has 0 saturated heterocycles. The number of hydrogen-bond donors (Lipinski definition) is 1. The van der Waals surface area contributed by atoms with Crippen molar-refractivity contribution in [3.05, 3.63) is 0 Å². The van der Waals surface area contributed by atoms with Crippen molar-refractivity contribution in [3.8, 4) is 0 Å². The summed E-state index contributed by atoms with van der Waals surface area (Å²) in [5, 5.41) is 0. The Morgan fingerprint density at radius 3 is 2.23 bits per heavy atom. The fourth-order valence-corrected chi connectivity index (χ4v) is 2.26. The van der Waals surface area contributed by atoms with Gasteiger partial charge in [-0.05, 0) is 24.7 Å². The smallest absolute Gasteiger partial charge is 0.303 e. The van der Waals surface area contributed by atoms with Crippen LogP contribution in [0, 0.1) is 11.8 Å². The maximum absolute atomic E-state index is 10.9. The van der Waals surface area contributed by atoms with Gasteiger partial charge in [0.25, 0.3) is 0 Å². The van der Waals surface area contributed by atoms with Gasteiger partial charge in [-0.25, -0.2) is 0 Å². The standard InChI is InChI=1S/C10H19NO2/c1-7-4-10(6-11,5-8(7)2)13-9(3)12/h7-8H,4-6,11H2,1-3H3. The molecule has 2 atom stereocenters. The van der Waals surface area contributed by atoms with Crippen LogP contribution in [0.4, 0.5) is 0 Å². The molecule has 0 heterocycles. The Balaban J connectivity index is 2.67. The van der Waals surface area contributed by atoms with Gasteiger partial charge in [-0.1, -0.05) is 13.8 Å². The van der Waals surface area contributed by atoms with Crippen LogP contribution in [0.25, 0.3) is 0 Å². The normalized spacial score (nSPS) is 39.1. The summed E-state index contributed by atoms with van der Waals surface area (Å²) in [6.45, 7) is 6.27. The molecule has 13 heavy (non-hydrogen) atoms. The van der Waals surface area contributed by atoms with Crippen LogP contribution < -0.4 is 5.73 Å². The Bertz CT molecular complexity index is 193. The summed E-state index contributed by atoms with van der Waals surface area (Å²) in [4.78, 5) is 10.9. The van der Waals surface area contributed by atoms with Crippen molar-refractivity contribution in [1.29, 1.82) is 0 Å². The van der Waals surface area contributed by atoms with E-state index in [0.717, 1.165) is 12.8 Å². The third-order valence-electron chi connectivity index (χ3n) is 3.09. The lowest BCUT2D eigenvalue weighted by Crippen LogP contribution is -2.39. The van der Waals surface area contributed by atoms with Crippen LogP contribution in [-0.4, -0.2) is 18.1 Å². The number of hydrogen-bond acceptors (Lipinski definition) is 3. The SMILES string of the molecule is CC(=O)OC1(CN)CC(C)C(C)C1. The van der Waals surface area contributed by atoms with Gasteiger partial charge in [-0.15, -0.1) is 0 Å². The van der Waals surface area contributed by atoms with Gasteiger partial charge >= 0.3 is 5.97 Å². The number of rotatable bonds is 2. The topological polar surface area (TPSA) is 52.3 Å². The highest BCUT2D eigenvalue weighted by Crippen LogP contribution is 2.40. The van der Waals surface area contributed by atoms with Gasteiger partial charge in [0.1, 0.15) is 5.60 Å². The van der Waals surface area contributed by atoms with Crippen LogP contribution in [0.2, 0.25) is 0 Å². The van der Waals surface area contributed by atoms with E-state index in [1.807, 2.05) is 0 Å². The number of carbonyl (C=O) groups excluding carboxylic acids is 1. The minimum Gasteiger partial charge on any atom is -0.458 e. The summed E-state index contributed by atoms with van der Waals surface area (Å²) in [6, 6.07) is 0. The van der Waals surface area contributed by atoms with E-state index in [4.69, 9.17) is 10.5 Å². The number of nitrogens with two attached hydrogens (primary N) is 1. The Morgan fingerprint density at radius 2 is 1.92 bits per heavy atom. The zero-order chi connectivity index (χ0) is 10.1. The van der Waals surface area contributed by atoms with Crippen molar-refractivity contribution in [3.63, 3.8) is 0 Å². The van der Waals surface area contributed by atoms with Gasteiger partial charge in [-0.2, -0.15) is 0 Å². The lowest BCUT2D eigenvalue weighted by Gasteiger charge is -2.27. The molecule has 3 nitrogen and oxygen atoms in total. The van der Waals surface area contributed by atoms with Gasteiger partial charge in [0.2, 0.25) is 0 Å². The van der Waals surface area contributed by atoms with E-state index < -0.39 is 0 Å². The summed E-state index contributed by atoms with van der Waals surface area (Å²) in [6.07, 6.45) is 1.81. The van der Waals surface area contributed by atoms with Gasteiger partial charge in [0.05, 0.1) is 0 Å². The van der Waals surface area contributed by atoms with Crippen LogP contribution in [0.15, 0.2) is 0 Å². The molecule has 1 saturated carbocycles. The van der Waals surface area contributed by atoms with E-state index in [1.165, 1.54) is 6.92 Å². The molecule has 0 radical (unpaired) electrons. The third kappa shape index (κ3) is 2.21. The highest BCUT2D eigenvalue weighted by molar-refractivity contribution is 5.66. The minimum atomic E-state index is -0.370. The molecule has 76 valence electrons. The number of carbonyl (C=O) groups is 1. The van der Waals surface area contributed by atoms with E-state index >= 15 is 0 Å². The molecule has 1 rings (SSSR count). The van der Waals surface area contributed by atoms with E-state index in [2.05, 4.69) is 13.8 Å². The molecule has 2 N–H and O–H groups in total. The van der Waals surface area contributed by atoms with Gasteiger partial charge < -0.3 is 10.5 Å². The van der Waals surface area contributed by atoms with Crippen LogP contribution in [0.1, 0.15) is 33.6 Å². The van der Waals surface area contributed by atoms with E-state index in [9.17, 15) is 4.79 Å². The molecule has 0 bridgehead atoms. The first-order valence-electron chi connectivity index (χ1n) is 4.89. The fourth-order valence-electron chi connectivity index (χ4n) is 2.26. The van der Waals surface area contributed by atoms with Crippen molar-refractivity contribution in [2.75, 3.05) is 6.54 Å². The molecule has 0 aromatic rings. The largest absolute Gasteiger partial charge is 0.458 e. The van der Waals surface area contributed by atoms with Gasteiger partial charge in [0.15, 0.2) is 0 Å².